The maximum absolute atomic E-state index is 11.3. The van der Waals surface area contributed by atoms with E-state index in [1.807, 2.05) is 0 Å². The second-order valence-electron chi connectivity index (χ2n) is 4.05. The second-order valence-corrected chi connectivity index (χ2v) is 4.41. The Labute approximate surface area is 91.9 Å². The number of aryl methyl sites for hydroxylation is 1. The van der Waals surface area contributed by atoms with Crippen LogP contribution >= 0.6 is 11.6 Å². The summed E-state index contributed by atoms with van der Waals surface area (Å²) in [5.74, 6) is -0.880. The lowest BCUT2D eigenvalue weighted by atomic mass is 9.64. The van der Waals surface area contributed by atoms with Gasteiger partial charge in [0, 0.05) is 13.1 Å². The molecule has 3 N–H and O–H groups in total. The topological polar surface area (TPSA) is 81.1 Å². The standard InChI is InChI=1S/C9H12ClN3O2/c1-13-4-12-7(10)6(13)9(8(14)15)2-5(11)3-9/h4-5H,2-3,11H2,1H3,(H,14,15). The van der Waals surface area contributed by atoms with Crippen LogP contribution in [0.2, 0.25) is 5.15 Å². The van der Waals surface area contributed by atoms with Crippen LogP contribution in [0.5, 0.6) is 0 Å². The number of hydrogen-bond donors (Lipinski definition) is 2. The van der Waals surface area contributed by atoms with Crippen molar-refractivity contribution in [3.8, 4) is 0 Å². The minimum atomic E-state index is -0.943. The lowest BCUT2D eigenvalue weighted by molar-refractivity contribution is -0.148. The minimum Gasteiger partial charge on any atom is -0.481 e. The zero-order chi connectivity index (χ0) is 11.2. The van der Waals surface area contributed by atoms with Crippen LogP contribution in [0, 0.1) is 0 Å². The Kier molecular flexibility index (Phi) is 2.24. The van der Waals surface area contributed by atoms with Crippen LogP contribution in [0.4, 0.5) is 0 Å². The van der Waals surface area contributed by atoms with Gasteiger partial charge < -0.3 is 15.4 Å². The van der Waals surface area contributed by atoms with E-state index in [9.17, 15) is 9.90 Å². The molecule has 0 spiro atoms. The number of nitrogens with two attached hydrogens (primary N) is 1. The predicted molar refractivity (Wildman–Crippen MR) is 54.7 cm³/mol. The number of rotatable bonds is 2. The maximum atomic E-state index is 11.3. The summed E-state index contributed by atoms with van der Waals surface area (Å²) in [4.78, 5) is 15.2. The van der Waals surface area contributed by atoms with Crippen LogP contribution in [0.15, 0.2) is 6.33 Å². The van der Waals surface area contributed by atoms with Gasteiger partial charge in [-0.15, -0.1) is 0 Å². The molecule has 0 saturated heterocycles. The normalized spacial score (nSPS) is 29.9. The van der Waals surface area contributed by atoms with E-state index in [0.717, 1.165) is 0 Å². The number of aliphatic carboxylic acids is 1. The fraction of sp³-hybridized carbons (Fsp3) is 0.556. The Balaban J connectivity index is 2.47. The van der Waals surface area contributed by atoms with E-state index in [0.29, 0.717) is 18.5 Å². The van der Waals surface area contributed by atoms with Gasteiger partial charge in [-0.3, -0.25) is 4.79 Å². The molecule has 15 heavy (non-hydrogen) atoms. The van der Waals surface area contributed by atoms with E-state index in [4.69, 9.17) is 17.3 Å². The fourth-order valence-corrected chi connectivity index (χ4v) is 2.60. The highest BCUT2D eigenvalue weighted by Crippen LogP contribution is 2.45. The van der Waals surface area contributed by atoms with Crippen molar-refractivity contribution in [3.05, 3.63) is 17.2 Å². The molecule has 0 aromatic carbocycles. The van der Waals surface area contributed by atoms with Gasteiger partial charge >= 0.3 is 5.97 Å². The van der Waals surface area contributed by atoms with Crippen molar-refractivity contribution in [1.29, 1.82) is 0 Å². The van der Waals surface area contributed by atoms with Crippen LogP contribution in [0.1, 0.15) is 18.5 Å². The van der Waals surface area contributed by atoms with Gasteiger partial charge in [-0.25, -0.2) is 4.98 Å². The summed E-state index contributed by atoms with van der Waals surface area (Å²) in [6.45, 7) is 0. The molecule has 1 aromatic rings. The van der Waals surface area contributed by atoms with Crippen molar-refractivity contribution < 1.29 is 9.90 Å². The number of nitrogens with zero attached hydrogens (tertiary/aromatic N) is 2. The maximum Gasteiger partial charge on any atom is 0.315 e. The summed E-state index contributed by atoms with van der Waals surface area (Å²) in [6.07, 6.45) is 2.36. The van der Waals surface area contributed by atoms with Gasteiger partial charge in [-0.05, 0) is 12.8 Å². The van der Waals surface area contributed by atoms with Crippen molar-refractivity contribution in [2.24, 2.45) is 12.8 Å². The highest BCUT2D eigenvalue weighted by atomic mass is 35.5. The van der Waals surface area contributed by atoms with Gasteiger partial charge in [-0.2, -0.15) is 0 Å². The third-order valence-electron chi connectivity index (χ3n) is 2.98. The Bertz CT molecular complexity index is 390. The molecule has 82 valence electrons. The first kappa shape index (κ1) is 10.4. The smallest absolute Gasteiger partial charge is 0.315 e. The van der Waals surface area contributed by atoms with Crippen molar-refractivity contribution in [1.82, 2.24) is 9.55 Å². The van der Waals surface area contributed by atoms with E-state index in [1.54, 1.807) is 11.6 Å². The molecule has 0 radical (unpaired) electrons. The number of carboxylic acid groups (broad SMARTS) is 1. The molecule has 0 aliphatic heterocycles. The molecule has 6 heteroatoms. The van der Waals surface area contributed by atoms with E-state index < -0.39 is 11.4 Å². The van der Waals surface area contributed by atoms with Crippen molar-refractivity contribution in [2.75, 3.05) is 0 Å². The average Bonchev–Trinajstić information content (AvgIpc) is 2.41. The van der Waals surface area contributed by atoms with E-state index >= 15 is 0 Å². The van der Waals surface area contributed by atoms with E-state index in [2.05, 4.69) is 4.98 Å². The number of imidazole rings is 1. The molecule has 1 saturated carbocycles. The van der Waals surface area contributed by atoms with Crippen molar-refractivity contribution >= 4 is 17.6 Å². The SMILES string of the molecule is Cn1cnc(Cl)c1C1(C(=O)O)CC(N)C1. The molecule has 0 atom stereocenters. The molecule has 1 aromatic heterocycles. The molecule has 5 nitrogen and oxygen atoms in total. The molecule has 2 rings (SSSR count). The molecular weight excluding hydrogens is 218 g/mol. The molecule has 1 fully saturated rings. The summed E-state index contributed by atoms with van der Waals surface area (Å²) < 4.78 is 1.66. The second kappa shape index (κ2) is 3.21. The predicted octanol–water partition coefficient (Wildman–Crippen LogP) is 0.517. The van der Waals surface area contributed by atoms with Gasteiger partial charge in [-0.1, -0.05) is 11.6 Å². The largest absolute Gasteiger partial charge is 0.481 e. The van der Waals surface area contributed by atoms with Crippen LogP contribution in [0.25, 0.3) is 0 Å². The van der Waals surface area contributed by atoms with Crippen LogP contribution < -0.4 is 5.73 Å². The molecule has 0 bridgehead atoms. The first-order valence-corrected chi connectivity index (χ1v) is 5.01. The third kappa shape index (κ3) is 1.34. The summed E-state index contributed by atoms with van der Waals surface area (Å²) in [7, 11) is 1.74. The Morgan fingerprint density at radius 1 is 1.80 bits per heavy atom. The lowest BCUT2D eigenvalue weighted by Crippen LogP contribution is -2.55. The molecule has 1 heterocycles. The van der Waals surface area contributed by atoms with Gasteiger partial charge in [0.25, 0.3) is 0 Å². The van der Waals surface area contributed by atoms with Crippen LogP contribution in [-0.2, 0) is 17.3 Å². The summed E-state index contributed by atoms with van der Waals surface area (Å²) in [5, 5.41) is 9.52. The fourth-order valence-electron chi connectivity index (χ4n) is 2.24. The molecule has 1 aliphatic rings. The lowest BCUT2D eigenvalue weighted by Gasteiger charge is -2.42. The number of aromatic nitrogens is 2. The first-order chi connectivity index (χ1) is 6.97. The highest BCUT2D eigenvalue weighted by molar-refractivity contribution is 6.30. The summed E-state index contributed by atoms with van der Waals surface area (Å²) in [5.41, 5.74) is 5.27. The minimum absolute atomic E-state index is 0.0629. The number of hydrogen-bond acceptors (Lipinski definition) is 3. The first-order valence-electron chi connectivity index (χ1n) is 4.63. The summed E-state index contributed by atoms with van der Waals surface area (Å²) in [6, 6.07) is -0.0629. The van der Waals surface area contributed by atoms with Gasteiger partial charge in [0.05, 0.1) is 12.0 Å². The van der Waals surface area contributed by atoms with Gasteiger partial charge in [0.1, 0.15) is 5.41 Å². The Morgan fingerprint density at radius 2 is 2.40 bits per heavy atom. The zero-order valence-corrected chi connectivity index (χ0v) is 9.03. The Morgan fingerprint density at radius 3 is 2.73 bits per heavy atom. The number of halogens is 1. The summed E-state index contributed by atoms with van der Waals surface area (Å²) >= 11 is 5.90. The van der Waals surface area contributed by atoms with Crippen molar-refractivity contribution in [2.45, 2.75) is 24.3 Å². The van der Waals surface area contributed by atoms with E-state index in [1.165, 1.54) is 6.33 Å². The Hall–Kier alpha value is -1.07. The van der Waals surface area contributed by atoms with Gasteiger partial charge in [0.2, 0.25) is 0 Å². The van der Waals surface area contributed by atoms with Gasteiger partial charge in [0.15, 0.2) is 5.15 Å². The van der Waals surface area contributed by atoms with E-state index in [-0.39, 0.29) is 11.2 Å². The molecular formula is C9H12ClN3O2. The molecule has 0 amide bonds. The van der Waals surface area contributed by atoms with Crippen LogP contribution in [-0.4, -0.2) is 26.7 Å². The highest BCUT2D eigenvalue weighted by Gasteiger charge is 2.53. The quantitative estimate of drug-likeness (QED) is 0.775. The molecule has 1 aliphatic carbocycles. The van der Waals surface area contributed by atoms with Crippen LogP contribution in [0.3, 0.4) is 0 Å². The average molecular weight is 230 g/mol. The zero-order valence-electron chi connectivity index (χ0n) is 8.27. The monoisotopic (exact) mass is 229 g/mol. The third-order valence-corrected chi connectivity index (χ3v) is 3.25. The van der Waals surface area contributed by atoms with Crippen molar-refractivity contribution in [3.63, 3.8) is 0 Å². The molecule has 0 unspecified atom stereocenters. The number of carboxylic acids is 1. The number of carbonyl (C=O) groups is 1.